The summed E-state index contributed by atoms with van der Waals surface area (Å²) in [7, 11) is 0. The first-order valence-electron chi connectivity index (χ1n) is 6.68. The largest absolute Gasteiger partial charge is 0.384 e. The summed E-state index contributed by atoms with van der Waals surface area (Å²) in [5.74, 6) is 0.336. The van der Waals surface area contributed by atoms with Crippen molar-refractivity contribution >= 4 is 11.7 Å². The molecule has 0 radical (unpaired) electrons. The lowest BCUT2D eigenvalue weighted by molar-refractivity contribution is 0.0946. The summed E-state index contributed by atoms with van der Waals surface area (Å²) in [4.78, 5) is 16.5. The second-order valence-corrected chi connectivity index (χ2v) is 7.13. The van der Waals surface area contributed by atoms with Crippen LogP contribution in [0.1, 0.15) is 57.1 Å². The molecule has 1 aliphatic rings. The number of nitrogens with zero attached hydrogens (tertiary/aromatic N) is 1. The molecule has 0 saturated heterocycles. The van der Waals surface area contributed by atoms with Gasteiger partial charge in [0.05, 0.1) is 0 Å². The molecule has 1 atom stereocenters. The molecular formula is C15H23N3O. The maximum atomic E-state index is 12.2. The standard InChI is InChI=1S/C15H23N3O/c1-14(2,3)10-6-9(7-12(16)17-10)13(19)18-11-8-15(11,4)5/h6-7,11H,8H2,1-5H3,(H2,16,17)(H,18,19). The minimum absolute atomic E-state index is 0.0600. The van der Waals surface area contributed by atoms with E-state index in [1.165, 1.54) is 0 Å². The van der Waals surface area contributed by atoms with E-state index < -0.39 is 0 Å². The Morgan fingerprint density at radius 3 is 2.47 bits per heavy atom. The van der Waals surface area contributed by atoms with E-state index in [1.807, 2.05) is 6.07 Å². The number of rotatable bonds is 2. The minimum Gasteiger partial charge on any atom is -0.384 e. The number of aromatic nitrogens is 1. The fourth-order valence-corrected chi connectivity index (χ4v) is 2.02. The predicted molar refractivity (Wildman–Crippen MR) is 77.0 cm³/mol. The molecule has 1 amide bonds. The Morgan fingerprint density at radius 2 is 2.00 bits per heavy atom. The number of nitrogen functional groups attached to an aromatic ring is 1. The maximum absolute atomic E-state index is 12.2. The fourth-order valence-electron chi connectivity index (χ4n) is 2.02. The van der Waals surface area contributed by atoms with Crippen LogP contribution in [0.25, 0.3) is 0 Å². The highest BCUT2D eigenvalue weighted by Crippen LogP contribution is 2.44. The zero-order valence-corrected chi connectivity index (χ0v) is 12.4. The van der Waals surface area contributed by atoms with E-state index in [9.17, 15) is 4.79 Å². The molecule has 0 aromatic carbocycles. The van der Waals surface area contributed by atoms with Crippen LogP contribution in [0.5, 0.6) is 0 Å². The van der Waals surface area contributed by atoms with Gasteiger partial charge in [-0.3, -0.25) is 4.79 Å². The highest BCUT2D eigenvalue weighted by Gasteiger charge is 2.46. The molecule has 0 bridgehead atoms. The molecule has 0 spiro atoms. The molecule has 1 fully saturated rings. The second kappa shape index (κ2) is 4.22. The molecule has 1 saturated carbocycles. The Kier molecular flexibility index (Phi) is 3.07. The first kappa shape index (κ1) is 13.8. The smallest absolute Gasteiger partial charge is 0.251 e. The molecular weight excluding hydrogens is 238 g/mol. The second-order valence-electron chi connectivity index (χ2n) is 7.13. The number of amides is 1. The lowest BCUT2D eigenvalue weighted by atomic mass is 9.90. The van der Waals surface area contributed by atoms with E-state index in [4.69, 9.17) is 5.73 Å². The van der Waals surface area contributed by atoms with Crippen LogP contribution in [0, 0.1) is 5.41 Å². The third-order valence-electron chi connectivity index (χ3n) is 3.69. The average Bonchev–Trinajstić information content (AvgIpc) is 2.83. The summed E-state index contributed by atoms with van der Waals surface area (Å²) in [6, 6.07) is 3.74. The fraction of sp³-hybridized carbons (Fsp3) is 0.600. The number of nitrogens with two attached hydrogens (primary N) is 1. The normalized spacial score (nSPS) is 21.0. The quantitative estimate of drug-likeness (QED) is 0.859. The van der Waals surface area contributed by atoms with Crippen molar-refractivity contribution in [2.75, 3.05) is 5.73 Å². The summed E-state index contributed by atoms with van der Waals surface area (Å²) in [6.45, 7) is 10.5. The number of pyridine rings is 1. The third kappa shape index (κ3) is 3.06. The number of nitrogens with one attached hydrogen (secondary N) is 1. The van der Waals surface area contributed by atoms with Gasteiger partial charge in [0.2, 0.25) is 0 Å². The Bertz CT molecular complexity index is 515. The molecule has 1 aromatic heterocycles. The summed E-state index contributed by atoms with van der Waals surface area (Å²) >= 11 is 0. The topological polar surface area (TPSA) is 68.0 Å². The Morgan fingerprint density at radius 1 is 1.42 bits per heavy atom. The van der Waals surface area contributed by atoms with Crippen molar-refractivity contribution in [3.8, 4) is 0 Å². The Hall–Kier alpha value is -1.58. The lowest BCUT2D eigenvalue weighted by Crippen LogP contribution is -2.29. The molecule has 3 N–H and O–H groups in total. The molecule has 0 aliphatic heterocycles. The van der Waals surface area contributed by atoms with Crippen LogP contribution in [0.2, 0.25) is 0 Å². The van der Waals surface area contributed by atoms with E-state index in [1.54, 1.807) is 6.07 Å². The molecule has 1 aromatic rings. The highest BCUT2D eigenvalue weighted by molar-refractivity contribution is 5.95. The SMILES string of the molecule is CC(C)(C)c1cc(C(=O)NC2CC2(C)C)cc(N)n1. The molecule has 4 nitrogen and oxygen atoms in total. The van der Waals surface area contributed by atoms with E-state index in [0.717, 1.165) is 12.1 Å². The van der Waals surface area contributed by atoms with Crippen LogP contribution >= 0.6 is 0 Å². The molecule has 1 aliphatic carbocycles. The highest BCUT2D eigenvalue weighted by atomic mass is 16.1. The van der Waals surface area contributed by atoms with E-state index in [2.05, 4.69) is 44.9 Å². The summed E-state index contributed by atoms with van der Waals surface area (Å²) in [5, 5.41) is 3.04. The summed E-state index contributed by atoms with van der Waals surface area (Å²) < 4.78 is 0. The monoisotopic (exact) mass is 261 g/mol. The molecule has 2 rings (SSSR count). The van der Waals surface area contributed by atoms with Crippen molar-refractivity contribution in [3.63, 3.8) is 0 Å². The van der Waals surface area contributed by atoms with Crippen LogP contribution in [0.15, 0.2) is 12.1 Å². The molecule has 4 heteroatoms. The average molecular weight is 261 g/mol. The van der Waals surface area contributed by atoms with Gasteiger partial charge >= 0.3 is 0 Å². The van der Waals surface area contributed by atoms with Gasteiger partial charge in [-0.1, -0.05) is 34.6 Å². The van der Waals surface area contributed by atoms with Gasteiger partial charge < -0.3 is 11.1 Å². The number of carbonyl (C=O) groups excluding carboxylic acids is 1. The number of hydrogen-bond acceptors (Lipinski definition) is 3. The summed E-state index contributed by atoms with van der Waals surface area (Å²) in [5.41, 5.74) is 7.34. The van der Waals surface area contributed by atoms with Crippen molar-refractivity contribution in [3.05, 3.63) is 23.4 Å². The zero-order valence-electron chi connectivity index (χ0n) is 12.4. The first-order valence-corrected chi connectivity index (χ1v) is 6.68. The van der Waals surface area contributed by atoms with Crippen LogP contribution < -0.4 is 11.1 Å². The molecule has 19 heavy (non-hydrogen) atoms. The van der Waals surface area contributed by atoms with Crippen molar-refractivity contribution < 1.29 is 4.79 Å². The number of anilines is 1. The van der Waals surface area contributed by atoms with Gasteiger partial charge in [-0.25, -0.2) is 4.98 Å². The summed E-state index contributed by atoms with van der Waals surface area (Å²) in [6.07, 6.45) is 1.03. The number of carbonyl (C=O) groups is 1. The first-order chi connectivity index (χ1) is 8.59. The van der Waals surface area contributed by atoms with Crippen molar-refractivity contribution in [1.82, 2.24) is 10.3 Å². The Balaban J connectivity index is 2.20. The molecule has 1 unspecified atom stereocenters. The lowest BCUT2D eigenvalue weighted by Gasteiger charge is -2.19. The molecule has 1 heterocycles. The maximum Gasteiger partial charge on any atom is 0.251 e. The van der Waals surface area contributed by atoms with Crippen molar-refractivity contribution in [2.24, 2.45) is 5.41 Å². The predicted octanol–water partition coefficient (Wildman–Crippen LogP) is 2.49. The van der Waals surface area contributed by atoms with Gasteiger partial charge in [0.1, 0.15) is 5.82 Å². The van der Waals surface area contributed by atoms with Crippen LogP contribution in [0.4, 0.5) is 5.82 Å². The van der Waals surface area contributed by atoms with Crippen LogP contribution in [-0.4, -0.2) is 16.9 Å². The van der Waals surface area contributed by atoms with Gasteiger partial charge in [-0.05, 0) is 24.0 Å². The van der Waals surface area contributed by atoms with Gasteiger partial charge in [0, 0.05) is 22.7 Å². The van der Waals surface area contributed by atoms with E-state index in [0.29, 0.717) is 11.4 Å². The van der Waals surface area contributed by atoms with Gasteiger partial charge in [0.25, 0.3) is 5.91 Å². The van der Waals surface area contributed by atoms with Gasteiger partial charge in [-0.2, -0.15) is 0 Å². The molecule has 104 valence electrons. The zero-order chi connectivity index (χ0) is 14.4. The van der Waals surface area contributed by atoms with E-state index >= 15 is 0 Å². The number of hydrogen-bond donors (Lipinski definition) is 2. The van der Waals surface area contributed by atoms with Crippen molar-refractivity contribution in [1.29, 1.82) is 0 Å². The Labute approximate surface area is 114 Å². The van der Waals surface area contributed by atoms with Gasteiger partial charge in [0.15, 0.2) is 0 Å². The minimum atomic E-state index is -0.122. The third-order valence-corrected chi connectivity index (χ3v) is 3.69. The van der Waals surface area contributed by atoms with Gasteiger partial charge in [-0.15, -0.1) is 0 Å². The van der Waals surface area contributed by atoms with Crippen LogP contribution in [-0.2, 0) is 5.41 Å². The van der Waals surface area contributed by atoms with Crippen LogP contribution in [0.3, 0.4) is 0 Å². The van der Waals surface area contributed by atoms with E-state index in [-0.39, 0.29) is 22.8 Å². The van der Waals surface area contributed by atoms with Crippen molar-refractivity contribution in [2.45, 2.75) is 52.5 Å².